The molecular weight excluding hydrogens is 268 g/mol. The van der Waals surface area contributed by atoms with Crippen molar-refractivity contribution in [3.8, 4) is 0 Å². The lowest BCUT2D eigenvalue weighted by molar-refractivity contribution is -0.196. The smallest absolute Gasteiger partial charge is 0.248 e. The molecule has 0 aliphatic carbocycles. The molecule has 0 spiro atoms. The van der Waals surface area contributed by atoms with Crippen molar-refractivity contribution in [2.24, 2.45) is 0 Å². The van der Waals surface area contributed by atoms with E-state index in [1.165, 1.54) is 0 Å². The molecule has 5 nitrogen and oxygen atoms in total. The van der Waals surface area contributed by atoms with Crippen LogP contribution in [0.25, 0.3) is 10.8 Å². The molecule has 1 aliphatic rings. The van der Waals surface area contributed by atoms with Gasteiger partial charge in [0.2, 0.25) is 5.79 Å². The standard InChI is InChI=1S/C16H16N2O3/c1-12-8-20-16(21-12,10-18-7-6-17-11-18)15-14-5-3-2-4-13(14)9-19-15/h2-7,9,11-12H,8,10H2,1H3. The topological polar surface area (TPSA) is 49.4 Å². The molecule has 0 radical (unpaired) electrons. The van der Waals surface area contributed by atoms with E-state index in [1.807, 2.05) is 42.0 Å². The first-order valence-corrected chi connectivity index (χ1v) is 7.01. The van der Waals surface area contributed by atoms with Crippen molar-refractivity contribution < 1.29 is 13.9 Å². The zero-order chi connectivity index (χ0) is 14.3. The minimum Gasteiger partial charge on any atom is -0.462 e. The number of hydrogen-bond donors (Lipinski definition) is 0. The number of benzene rings is 1. The first kappa shape index (κ1) is 12.6. The summed E-state index contributed by atoms with van der Waals surface area (Å²) in [5.74, 6) is -0.181. The second kappa shape index (κ2) is 4.72. The molecule has 2 aromatic heterocycles. The lowest BCUT2D eigenvalue weighted by Crippen LogP contribution is -2.32. The SMILES string of the molecule is CC1COC(Cn2ccnc2)(c2occ3ccccc23)O1. The van der Waals surface area contributed by atoms with Gasteiger partial charge in [-0.15, -0.1) is 0 Å². The van der Waals surface area contributed by atoms with Gasteiger partial charge in [-0.3, -0.25) is 0 Å². The van der Waals surface area contributed by atoms with Crippen LogP contribution in [0.1, 0.15) is 12.7 Å². The maximum absolute atomic E-state index is 6.11. The predicted molar refractivity (Wildman–Crippen MR) is 76.6 cm³/mol. The molecule has 1 aliphatic heterocycles. The molecule has 2 atom stereocenters. The van der Waals surface area contributed by atoms with Gasteiger partial charge >= 0.3 is 0 Å². The molecule has 108 valence electrons. The van der Waals surface area contributed by atoms with Crippen LogP contribution >= 0.6 is 0 Å². The van der Waals surface area contributed by atoms with E-state index in [1.54, 1.807) is 18.8 Å². The Morgan fingerprint density at radius 1 is 1.38 bits per heavy atom. The van der Waals surface area contributed by atoms with Gasteiger partial charge in [0, 0.05) is 23.2 Å². The highest BCUT2D eigenvalue weighted by Gasteiger charge is 2.46. The van der Waals surface area contributed by atoms with Crippen LogP contribution in [0.4, 0.5) is 0 Å². The first-order valence-electron chi connectivity index (χ1n) is 7.01. The quantitative estimate of drug-likeness (QED) is 0.742. The fraction of sp³-hybridized carbons (Fsp3) is 0.312. The van der Waals surface area contributed by atoms with Crippen LogP contribution in [-0.2, 0) is 21.8 Å². The van der Waals surface area contributed by atoms with Crippen LogP contribution in [0.5, 0.6) is 0 Å². The van der Waals surface area contributed by atoms with Crippen molar-refractivity contribution in [2.45, 2.75) is 25.4 Å². The van der Waals surface area contributed by atoms with E-state index in [0.717, 1.165) is 16.5 Å². The second-order valence-electron chi connectivity index (χ2n) is 5.38. The third kappa shape index (κ3) is 2.05. The fourth-order valence-electron chi connectivity index (χ4n) is 2.83. The van der Waals surface area contributed by atoms with Crippen LogP contribution < -0.4 is 0 Å². The minimum absolute atomic E-state index is 0.0254. The van der Waals surface area contributed by atoms with Crippen LogP contribution in [0.15, 0.2) is 53.7 Å². The van der Waals surface area contributed by atoms with Crippen molar-refractivity contribution >= 4 is 10.8 Å². The molecule has 1 saturated heterocycles. The number of hydrogen-bond acceptors (Lipinski definition) is 4. The molecule has 4 rings (SSSR count). The average Bonchev–Trinajstić information content (AvgIpc) is 3.19. The van der Waals surface area contributed by atoms with Gasteiger partial charge in [0.15, 0.2) is 5.76 Å². The molecule has 0 saturated carbocycles. The third-order valence-electron chi connectivity index (χ3n) is 3.75. The molecule has 2 unspecified atom stereocenters. The Bertz CT molecular complexity index is 750. The van der Waals surface area contributed by atoms with Gasteiger partial charge in [-0.25, -0.2) is 4.98 Å². The van der Waals surface area contributed by atoms with Gasteiger partial charge < -0.3 is 18.5 Å². The van der Waals surface area contributed by atoms with Gasteiger partial charge in [-0.1, -0.05) is 24.3 Å². The van der Waals surface area contributed by atoms with Gasteiger partial charge in [0.25, 0.3) is 0 Å². The van der Waals surface area contributed by atoms with Gasteiger partial charge in [-0.2, -0.15) is 0 Å². The van der Waals surface area contributed by atoms with Gasteiger partial charge in [0.1, 0.15) is 0 Å². The van der Waals surface area contributed by atoms with E-state index in [-0.39, 0.29) is 6.10 Å². The number of ether oxygens (including phenoxy) is 2. The normalized spacial score (nSPS) is 25.7. The van der Waals surface area contributed by atoms with Crippen LogP contribution in [-0.4, -0.2) is 22.3 Å². The van der Waals surface area contributed by atoms with E-state index >= 15 is 0 Å². The van der Waals surface area contributed by atoms with Gasteiger partial charge in [-0.05, 0) is 6.92 Å². The Kier molecular flexibility index (Phi) is 2.83. The second-order valence-corrected chi connectivity index (χ2v) is 5.38. The monoisotopic (exact) mass is 284 g/mol. The molecule has 1 aromatic carbocycles. The van der Waals surface area contributed by atoms with Crippen molar-refractivity contribution in [1.29, 1.82) is 0 Å². The summed E-state index contributed by atoms with van der Waals surface area (Å²) in [7, 11) is 0. The Morgan fingerprint density at radius 2 is 2.29 bits per heavy atom. The summed E-state index contributed by atoms with van der Waals surface area (Å²) in [6, 6.07) is 8.03. The van der Waals surface area contributed by atoms with Crippen molar-refractivity contribution in [3.63, 3.8) is 0 Å². The summed E-state index contributed by atoms with van der Waals surface area (Å²) in [4.78, 5) is 4.08. The number of aromatic nitrogens is 2. The van der Waals surface area contributed by atoms with Crippen LogP contribution in [0.3, 0.4) is 0 Å². The largest absolute Gasteiger partial charge is 0.462 e. The molecule has 21 heavy (non-hydrogen) atoms. The summed E-state index contributed by atoms with van der Waals surface area (Å²) in [6.45, 7) is 3.05. The Labute approximate surface area is 122 Å². The molecule has 0 amide bonds. The average molecular weight is 284 g/mol. The molecule has 3 heterocycles. The highest BCUT2D eigenvalue weighted by atomic mass is 16.8. The maximum atomic E-state index is 6.11. The third-order valence-corrected chi connectivity index (χ3v) is 3.75. The maximum Gasteiger partial charge on any atom is 0.248 e. The van der Waals surface area contributed by atoms with Crippen LogP contribution in [0.2, 0.25) is 0 Å². The van der Waals surface area contributed by atoms with Crippen LogP contribution in [0, 0.1) is 0 Å². The summed E-state index contributed by atoms with van der Waals surface area (Å²) in [5, 5.41) is 2.07. The summed E-state index contributed by atoms with van der Waals surface area (Å²) in [6.07, 6.45) is 7.16. The predicted octanol–water partition coefficient (Wildman–Crippen LogP) is 2.92. The lowest BCUT2D eigenvalue weighted by Gasteiger charge is -2.26. The van der Waals surface area contributed by atoms with Gasteiger partial charge in [0.05, 0.1) is 31.8 Å². The Hall–Kier alpha value is -2.11. The summed E-state index contributed by atoms with van der Waals surface area (Å²) >= 11 is 0. The molecule has 0 N–H and O–H groups in total. The van der Waals surface area contributed by atoms with E-state index in [2.05, 4.69) is 4.98 Å². The zero-order valence-corrected chi connectivity index (χ0v) is 11.7. The molecule has 3 aromatic rings. The summed E-state index contributed by atoms with van der Waals surface area (Å²) in [5.41, 5.74) is 0. The highest BCUT2D eigenvalue weighted by molar-refractivity contribution is 5.84. The number of rotatable bonds is 3. The zero-order valence-electron chi connectivity index (χ0n) is 11.7. The fourth-order valence-corrected chi connectivity index (χ4v) is 2.83. The molecule has 0 bridgehead atoms. The van der Waals surface area contributed by atoms with E-state index in [9.17, 15) is 0 Å². The van der Waals surface area contributed by atoms with Crippen molar-refractivity contribution in [3.05, 3.63) is 55.0 Å². The first-order chi connectivity index (χ1) is 10.3. The van der Waals surface area contributed by atoms with E-state index in [0.29, 0.717) is 13.2 Å². The van der Waals surface area contributed by atoms with E-state index in [4.69, 9.17) is 13.9 Å². The van der Waals surface area contributed by atoms with Crippen molar-refractivity contribution in [2.75, 3.05) is 6.61 Å². The molecular formula is C16H16N2O3. The number of nitrogens with zero attached hydrogens (tertiary/aromatic N) is 2. The highest BCUT2D eigenvalue weighted by Crippen LogP contribution is 2.40. The van der Waals surface area contributed by atoms with Crippen molar-refractivity contribution in [1.82, 2.24) is 9.55 Å². The summed E-state index contributed by atoms with van der Waals surface area (Å²) < 4.78 is 19.9. The lowest BCUT2D eigenvalue weighted by atomic mass is 10.1. The van der Waals surface area contributed by atoms with E-state index < -0.39 is 5.79 Å². The number of fused-ring (bicyclic) bond motifs is 1. The minimum atomic E-state index is -0.900. The Morgan fingerprint density at radius 3 is 3.05 bits per heavy atom. The molecule has 1 fully saturated rings. The number of imidazole rings is 1. The number of furan rings is 1. The molecule has 5 heteroatoms. The Balaban J connectivity index is 1.82.